The van der Waals surface area contributed by atoms with Crippen LogP contribution in [0.2, 0.25) is 0 Å². The molecule has 2 rings (SSSR count). The van der Waals surface area contributed by atoms with Crippen molar-refractivity contribution >= 4 is 0 Å². The molecule has 65 valence electrons. The predicted molar refractivity (Wildman–Crippen MR) is 49.6 cm³/mol. The van der Waals surface area contributed by atoms with Crippen molar-refractivity contribution in [2.45, 2.75) is 19.3 Å². The van der Waals surface area contributed by atoms with Crippen molar-refractivity contribution in [3.8, 4) is 0 Å². The van der Waals surface area contributed by atoms with Crippen LogP contribution in [-0.2, 0) is 0 Å². The molecule has 2 aliphatic rings. The molecule has 2 heteroatoms. The lowest BCUT2D eigenvalue weighted by Gasteiger charge is -2.26. The first kappa shape index (κ1) is 7.87. The molecule has 0 amide bonds. The van der Waals surface area contributed by atoms with E-state index in [-0.39, 0.29) is 0 Å². The third-order valence-electron chi connectivity index (χ3n) is 2.45. The molecule has 2 aliphatic heterocycles. The number of rotatable bonds is 2. The fourth-order valence-corrected chi connectivity index (χ4v) is 1.78. The molecule has 0 aromatic rings. The average molecular weight is 163 g/mol. The van der Waals surface area contributed by atoms with E-state index >= 15 is 0 Å². The molecular weight excluding hydrogens is 148 g/mol. The minimum Gasteiger partial charge on any atom is -0.298 e. The van der Waals surface area contributed by atoms with Gasteiger partial charge in [-0.1, -0.05) is 6.42 Å². The highest BCUT2D eigenvalue weighted by Crippen LogP contribution is 2.11. The Balaban J connectivity index is 1.78. The second-order valence-corrected chi connectivity index (χ2v) is 3.47. The first-order valence-electron chi connectivity index (χ1n) is 4.74. The van der Waals surface area contributed by atoms with Crippen molar-refractivity contribution in [1.82, 2.24) is 10.2 Å². The van der Waals surface area contributed by atoms with Crippen LogP contribution in [-0.4, -0.2) is 24.5 Å². The predicted octanol–water partition coefficient (Wildman–Crippen LogP) is 1.49. The Morgan fingerprint density at radius 2 is 2.08 bits per heavy atom. The Hall–Kier alpha value is -0.760. The SMILES string of the molecule is C1=C[N]C(CN2CCCCC2)=C1. The number of hydrogen-bond acceptors (Lipinski definition) is 1. The number of hydrogen-bond donors (Lipinski definition) is 0. The van der Waals surface area contributed by atoms with Crippen LogP contribution < -0.4 is 5.32 Å². The molecule has 2 nitrogen and oxygen atoms in total. The second-order valence-electron chi connectivity index (χ2n) is 3.47. The van der Waals surface area contributed by atoms with E-state index in [1.54, 1.807) is 0 Å². The summed E-state index contributed by atoms with van der Waals surface area (Å²) >= 11 is 0. The van der Waals surface area contributed by atoms with E-state index in [2.05, 4.69) is 16.3 Å². The third kappa shape index (κ3) is 1.89. The third-order valence-corrected chi connectivity index (χ3v) is 2.45. The fourth-order valence-electron chi connectivity index (χ4n) is 1.78. The Morgan fingerprint density at radius 1 is 1.25 bits per heavy atom. The van der Waals surface area contributed by atoms with Crippen LogP contribution in [0.25, 0.3) is 0 Å². The molecule has 0 aromatic carbocycles. The van der Waals surface area contributed by atoms with Crippen molar-refractivity contribution in [2.75, 3.05) is 19.6 Å². The summed E-state index contributed by atoms with van der Waals surface area (Å²) in [4.78, 5) is 2.49. The molecule has 0 aromatic heterocycles. The van der Waals surface area contributed by atoms with E-state index < -0.39 is 0 Å². The summed E-state index contributed by atoms with van der Waals surface area (Å²) < 4.78 is 0. The quantitative estimate of drug-likeness (QED) is 0.603. The van der Waals surface area contributed by atoms with Crippen molar-refractivity contribution in [3.63, 3.8) is 0 Å². The van der Waals surface area contributed by atoms with E-state index in [1.807, 2.05) is 12.3 Å². The first-order chi connectivity index (χ1) is 5.95. The largest absolute Gasteiger partial charge is 0.298 e. The van der Waals surface area contributed by atoms with Crippen LogP contribution in [0.15, 0.2) is 24.0 Å². The molecule has 0 unspecified atom stereocenters. The van der Waals surface area contributed by atoms with E-state index in [0.29, 0.717) is 0 Å². The summed E-state index contributed by atoms with van der Waals surface area (Å²) in [6.07, 6.45) is 10.1. The maximum Gasteiger partial charge on any atom is 0.0544 e. The highest BCUT2D eigenvalue weighted by atomic mass is 15.1. The molecule has 12 heavy (non-hydrogen) atoms. The monoisotopic (exact) mass is 163 g/mol. The second kappa shape index (κ2) is 3.76. The van der Waals surface area contributed by atoms with Gasteiger partial charge in [-0.25, -0.2) is 0 Å². The van der Waals surface area contributed by atoms with Gasteiger partial charge in [0.05, 0.1) is 5.70 Å². The Labute approximate surface area is 73.9 Å². The van der Waals surface area contributed by atoms with Gasteiger partial charge in [-0.2, -0.15) is 0 Å². The van der Waals surface area contributed by atoms with Crippen LogP contribution in [0.1, 0.15) is 19.3 Å². The van der Waals surface area contributed by atoms with Gasteiger partial charge in [0.2, 0.25) is 0 Å². The normalized spacial score (nSPS) is 23.8. The van der Waals surface area contributed by atoms with E-state index in [0.717, 1.165) is 6.54 Å². The molecule has 0 bridgehead atoms. The lowest BCUT2D eigenvalue weighted by atomic mass is 10.1. The average Bonchev–Trinajstić information content (AvgIpc) is 2.59. The van der Waals surface area contributed by atoms with Gasteiger partial charge in [-0.3, -0.25) is 10.2 Å². The fraction of sp³-hybridized carbons (Fsp3) is 0.600. The molecule has 2 heterocycles. The van der Waals surface area contributed by atoms with Gasteiger partial charge in [0, 0.05) is 12.7 Å². The highest BCUT2D eigenvalue weighted by molar-refractivity contribution is 5.20. The molecule has 1 saturated heterocycles. The molecule has 0 spiro atoms. The lowest BCUT2D eigenvalue weighted by molar-refractivity contribution is 0.244. The zero-order valence-corrected chi connectivity index (χ0v) is 7.37. The van der Waals surface area contributed by atoms with Gasteiger partial charge in [-0.05, 0) is 38.1 Å². The van der Waals surface area contributed by atoms with Crippen molar-refractivity contribution in [3.05, 3.63) is 24.0 Å². The summed E-state index contributed by atoms with van der Waals surface area (Å²) in [5, 5.41) is 4.27. The maximum absolute atomic E-state index is 4.27. The molecule has 0 atom stereocenters. The summed E-state index contributed by atoms with van der Waals surface area (Å²) in [5.41, 5.74) is 1.22. The number of nitrogens with zero attached hydrogens (tertiary/aromatic N) is 2. The molecule has 0 saturated carbocycles. The van der Waals surface area contributed by atoms with Crippen LogP contribution in [0.3, 0.4) is 0 Å². The lowest BCUT2D eigenvalue weighted by Crippen LogP contribution is -2.32. The number of piperidine rings is 1. The van der Waals surface area contributed by atoms with Crippen LogP contribution in [0.5, 0.6) is 0 Å². The molecular formula is C10H15N2. The Kier molecular flexibility index (Phi) is 2.47. The van der Waals surface area contributed by atoms with Crippen molar-refractivity contribution in [1.29, 1.82) is 0 Å². The van der Waals surface area contributed by atoms with Gasteiger partial charge >= 0.3 is 0 Å². The summed E-state index contributed by atoms with van der Waals surface area (Å²) in [7, 11) is 0. The minimum atomic E-state index is 1.05. The summed E-state index contributed by atoms with van der Waals surface area (Å²) in [6.45, 7) is 3.56. The van der Waals surface area contributed by atoms with Crippen molar-refractivity contribution in [2.24, 2.45) is 0 Å². The topological polar surface area (TPSA) is 17.3 Å². The highest BCUT2D eigenvalue weighted by Gasteiger charge is 2.12. The summed E-state index contributed by atoms with van der Waals surface area (Å²) in [6, 6.07) is 0. The number of allylic oxidation sites excluding steroid dienone is 2. The van der Waals surface area contributed by atoms with Gasteiger partial charge in [-0.15, -0.1) is 0 Å². The van der Waals surface area contributed by atoms with Gasteiger partial charge in [0.1, 0.15) is 0 Å². The van der Waals surface area contributed by atoms with Gasteiger partial charge in [0.15, 0.2) is 0 Å². The molecule has 0 aliphatic carbocycles. The maximum atomic E-state index is 4.27. The van der Waals surface area contributed by atoms with E-state index in [4.69, 9.17) is 0 Å². The molecule has 0 N–H and O–H groups in total. The summed E-state index contributed by atoms with van der Waals surface area (Å²) in [5.74, 6) is 0. The van der Waals surface area contributed by atoms with Gasteiger partial charge in [0.25, 0.3) is 0 Å². The van der Waals surface area contributed by atoms with E-state index in [9.17, 15) is 0 Å². The number of likely N-dealkylation sites (tertiary alicyclic amines) is 1. The molecule has 1 fully saturated rings. The Bertz CT molecular complexity index is 200. The first-order valence-corrected chi connectivity index (χ1v) is 4.74. The van der Waals surface area contributed by atoms with Gasteiger partial charge < -0.3 is 0 Å². The van der Waals surface area contributed by atoms with Crippen LogP contribution in [0, 0.1) is 0 Å². The standard InChI is InChI=1S/C10H15N2/c1-2-7-12(8-3-1)9-10-5-4-6-11-10/h4-6H,1-3,7-9H2. The zero-order valence-electron chi connectivity index (χ0n) is 7.37. The van der Waals surface area contributed by atoms with Crippen molar-refractivity contribution < 1.29 is 0 Å². The zero-order chi connectivity index (χ0) is 8.23. The van der Waals surface area contributed by atoms with Crippen LogP contribution in [0.4, 0.5) is 0 Å². The Morgan fingerprint density at radius 3 is 2.75 bits per heavy atom. The minimum absolute atomic E-state index is 1.05. The van der Waals surface area contributed by atoms with E-state index in [1.165, 1.54) is 38.0 Å². The smallest absolute Gasteiger partial charge is 0.0544 e. The molecule has 1 radical (unpaired) electrons. The van der Waals surface area contributed by atoms with Crippen LogP contribution >= 0.6 is 0 Å².